The van der Waals surface area contributed by atoms with E-state index in [1.165, 1.54) is 4.68 Å². The van der Waals surface area contributed by atoms with Crippen molar-refractivity contribution in [2.75, 3.05) is 14.2 Å². The predicted octanol–water partition coefficient (Wildman–Crippen LogP) is 0.663. The van der Waals surface area contributed by atoms with E-state index in [1.807, 2.05) is 12.1 Å². The molecule has 140 valence electrons. The first-order valence-electron chi connectivity index (χ1n) is 8.64. The van der Waals surface area contributed by atoms with Crippen molar-refractivity contribution in [2.24, 2.45) is 7.05 Å². The van der Waals surface area contributed by atoms with Gasteiger partial charge in [-0.1, -0.05) is 6.07 Å². The number of aryl methyl sites for hydroxylation is 2. The van der Waals surface area contributed by atoms with Crippen LogP contribution in [0.15, 0.2) is 23.0 Å². The summed E-state index contributed by atoms with van der Waals surface area (Å²) in [6.45, 7) is 0.573. The van der Waals surface area contributed by atoms with Gasteiger partial charge in [0.1, 0.15) is 5.82 Å². The van der Waals surface area contributed by atoms with E-state index in [9.17, 15) is 9.59 Å². The van der Waals surface area contributed by atoms with Gasteiger partial charge in [0.15, 0.2) is 11.5 Å². The Balaban J connectivity index is 1.60. The van der Waals surface area contributed by atoms with Crippen molar-refractivity contribution in [3.63, 3.8) is 0 Å². The molecule has 1 aromatic carbocycles. The zero-order chi connectivity index (χ0) is 18.7. The van der Waals surface area contributed by atoms with Crippen LogP contribution in [0.2, 0.25) is 0 Å². The Labute approximate surface area is 151 Å². The van der Waals surface area contributed by atoms with Crippen LogP contribution < -0.4 is 20.5 Å². The van der Waals surface area contributed by atoms with Crippen LogP contribution in [0.4, 0.5) is 0 Å². The average Bonchev–Trinajstić information content (AvgIpc) is 2.79. The van der Waals surface area contributed by atoms with E-state index in [-0.39, 0.29) is 24.1 Å². The lowest BCUT2D eigenvalue weighted by atomic mass is 10.1. The SMILES string of the molecule is COc1ccc(CC(=O)NC2CCc3nn(C)c(=O)n3CC2)cc1OC. The molecular weight excluding hydrogens is 336 g/mol. The number of benzene rings is 1. The summed E-state index contributed by atoms with van der Waals surface area (Å²) in [6, 6.07) is 5.49. The summed E-state index contributed by atoms with van der Waals surface area (Å²) in [6.07, 6.45) is 2.44. The maximum absolute atomic E-state index is 12.4. The molecule has 1 N–H and O–H groups in total. The van der Waals surface area contributed by atoms with E-state index in [0.29, 0.717) is 24.5 Å². The van der Waals surface area contributed by atoms with Crippen molar-refractivity contribution in [3.8, 4) is 11.5 Å². The molecule has 1 aliphatic rings. The first-order valence-corrected chi connectivity index (χ1v) is 8.64. The minimum atomic E-state index is -0.0997. The first-order chi connectivity index (χ1) is 12.5. The van der Waals surface area contributed by atoms with Crippen molar-refractivity contribution in [1.82, 2.24) is 19.7 Å². The van der Waals surface area contributed by atoms with Gasteiger partial charge in [0.2, 0.25) is 5.91 Å². The molecule has 8 nitrogen and oxygen atoms in total. The fourth-order valence-electron chi connectivity index (χ4n) is 3.30. The van der Waals surface area contributed by atoms with Crippen LogP contribution in [-0.2, 0) is 31.2 Å². The summed E-state index contributed by atoms with van der Waals surface area (Å²) in [7, 11) is 4.81. The van der Waals surface area contributed by atoms with Gasteiger partial charge in [0, 0.05) is 26.1 Å². The third-order valence-corrected chi connectivity index (χ3v) is 4.68. The standard InChI is InChI=1S/C18H24N4O4/c1-21-18(24)22-9-8-13(5-7-16(22)20-21)19-17(23)11-12-4-6-14(25-2)15(10-12)26-3/h4,6,10,13H,5,7-9,11H2,1-3H3,(H,19,23). The third-order valence-electron chi connectivity index (χ3n) is 4.68. The number of hydrogen-bond acceptors (Lipinski definition) is 5. The largest absolute Gasteiger partial charge is 0.493 e. The Morgan fingerprint density at radius 3 is 2.77 bits per heavy atom. The Kier molecular flexibility index (Phi) is 5.29. The molecule has 1 atom stereocenters. The van der Waals surface area contributed by atoms with Crippen molar-refractivity contribution in [2.45, 2.75) is 38.3 Å². The Hall–Kier alpha value is -2.77. The molecule has 0 saturated carbocycles. The number of amides is 1. The number of hydrogen-bond donors (Lipinski definition) is 1. The summed E-state index contributed by atoms with van der Waals surface area (Å²) in [5.41, 5.74) is 0.757. The van der Waals surface area contributed by atoms with Gasteiger partial charge in [-0.15, -0.1) is 0 Å². The fraction of sp³-hybridized carbons (Fsp3) is 0.500. The molecule has 2 aromatic rings. The Morgan fingerprint density at radius 2 is 2.04 bits per heavy atom. The van der Waals surface area contributed by atoms with E-state index in [0.717, 1.165) is 24.2 Å². The number of nitrogens with one attached hydrogen (secondary N) is 1. The highest BCUT2D eigenvalue weighted by Gasteiger charge is 2.21. The van der Waals surface area contributed by atoms with E-state index in [4.69, 9.17) is 9.47 Å². The second kappa shape index (κ2) is 7.63. The molecule has 0 fully saturated rings. The smallest absolute Gasteiger partial charge is 0.345 e. The lowest BCUT2D eigenvalue weighted by molar-refractivity contribution is -0.121. The summed E-state index contributed by atoms with van der Waals surface area (Å²) >= 11 is 0. The van der Waals surface area contributed by atoms with Gasteiger partial charge in [0.25, 0.3) is 0 Å². The fourth-order valence-corrected chi connectivity index (χ4v) is 3.30. The number of carbonyl (C=O) groups excluding carboxylic acids is 1. The van der Waals surface area contributed by atoms with Crippen LogP contribution in [0.3, 0.4) is 0 Å². The minimum absolute atomic E-state index is 0.0362. The van der Waals surface area contributed by atoms with E-state index in [2.05, 4.69) is 10.4 Å². The molecule has 0 radical (unpaired) electrons. The van der Waals surface area contributed by atoms with Gasteiger partial charge in [-0.3, -0.25) is 9.36 Å². The van der Waals surface area contributed by atoms with Crippen LogP contribution in [0.1, 0.15) is 24.2 Å². The van der Waals surface area contributed by atoms with Crippen LogP contribution in [0, 0.1) is 0 Å². The Morgan fingerprint density at radius 1 is 1.27 bits per heavy atom. The lowest BCUT2D eigenvalue weighted by Crippen LogP contribution is -2.36. The number of aromatic nitrogens is 3. The van der Waals surface area contributed by atoms with E-state index < -0.39 is 0 Å². The van der Waals surface area contributed by atoms with Crippen molar-refractivity contribution >= 4 is 5.91 Å². The summed E-state index contributed by atoms with van der Waals surface area (Å²) < 4.78 is 13.5. The number of nitrogens with zero attached hydrogens (tertiary/aromatic N) is 3. The highest BCUT2D eigenvalue weighted by molar-refractivity contribution is 5.79. The van der Waals surface area contributed by atoms with Gasteiger partial charge in [-0.2, -0.15) is 5.10 Å². The molecule has 1 aliphatic heterocycles. The second-order valence-electron chi connectivity index (χ2n) is 6.43. The van der Waals surface area contributed by atoms with Crippen LogP contribution in [-0.4, -0.2) is 40.5 Å². The van der Waals surface area contributed by atoms with Crippen molar-refractivity contribution in [3.05, 3.63) is 40.1 Å². The monoisotopic (exact) mass is 360 g/mol. The van der Waals surface area contributed by atoms with Gasteiger partial charge in [-0.25, -0.2) is 9.48 Å². The number of rotatable bonds is 5. The molecule has 0 saturated heterocycles. The normalized spacial score (nSPS) is 16.5. The van der Waals surface area contributed by atoms with Gasteiger partial charge < -0.3 is 14.8 Å². The number of carbonyl (C=O) groups is 1. The molecule has 0 bridgehead atoms. The summed E-state index contributed by atoms with van der Waals surface area (Å²) in [5.74, 6) is 1.98. The molecular formula is C18H24N4O4. The molecule has 1 aromatic heterocycles. The molecule has 8 heteroatoms. The molecule has 1 unspecified atom stereocenters. The lowest BCUT2D eigenvalue weighted by Gasteiger charge is -2.16. The van der Waals surface area contributed by atoms with Crippen LogP contribution >= 0.6 is 0 Å². The van der Waals surface area contributed by atoms with E-state index >= 15 is 0 Å². The zero-order valence-electron chi connectivity index (χ0n) is 15.3. The van der Waals surface area contributed by atoms with Gasteiger partial charge in [0.05, 0.1) is 20.6 Å². The quantitative estimate of drug-likeness (QED) is 0.847. The maximum Gasteiger partial charge on any atom is 0.345 e. The van der Waals surface area contributed by atoms with Crippen LogP contribution in [0.25, 0.3) is 0 Å². The molecule has 3 rings (SSSR count). The van der Waals surface area contributed by atoms with Crippen LogP contribution in [0.5, 0.6) is 11.5 Å². The summed E-state index contributed by atoms with van der Waals surface area (Å²) in [4.78, 5) is 24.4. The third kappa shape index (κ3) is 3.74. The minimum Gasteiger partial charge on any atom is -0.493 e. The molecule has 2 heterocycles. The highest BCUT2D eigenvalue weighted by Crippen LogP contribution is 2.27. The molecule has 1 amide bonds. The zero-order valence-corrected chi connectivity index (χ0v) is 15.3. The molecule has 0 spiro atoms. The average molecular weight is 360 g/mol. The number of methoxy groups -OCH3 is 2. The van der Waals surface area contributed by atoms with Gasteiger partial charge >= 0.3 is 5.69 Å². The number of ether oxygens (including phenoxy) is 2. The van der Waals surface area contributed by atoms with Crippen molar-refractivity contribution < 1.29 is 14.3 Å². The summed E-state index contributed by atoms with van der Waals surface area (Å²) in [5, 5.41) is 7.33. The van der Waals surface area contributed by atoms with Crippen molar-refractivity contribution in [1.29, 1.82) is 0 Å². The molecule has 26 heavy (non-hydrogen) atoms. The number of fused-ring (bicyclic) bond motifs is 1. The highest BCUT2D eigenvalue weighted by atomic mass is 16.5. The first kappa shape index (κ1) is 18.0. The topological polar surface area (TPSA) is 87.4 Å². The predicted molar refractivity (Wildman–Crippen MR) is 95.6 cm³/mol. The maximum atomic E-state index is 12.4. The second-order valence-corrected chi connectivity index (χ2v) is 6.43. The Bertz CT molecular complexity index is 855. The van der Waals surface area contributed by atoms with E-state index in [1.54, 1.807) is 31.9 Å². The molecule has 0 aliphatic carbocycles. The van der Waals surface area contributed by atoms with Gasteiger partial charge in [-0.05, 0) is 30.5 Å².